The second kappa shape index (κ2) is 9.87. The van der Waals surface area contributed by atoms with Crippen molar-refractivity contribution < 1.29 is 14.7 Å². The van der Waals surface area contributed by atoms with Crippen molar-refractivity contribution in [2.45, 2.75) is 44.7 Å². The first kappa shape index (κ1) is 21.3. The minimum Gasteiger partial charge on any atom is -0.480 e. The molecule has 1 heterocycles. The van der Waals surface area contributed by atoms with E-state index < -0.39 is 12.0 Å². The van der Waals surface area contributed by atoms with Gasteiger partial charge in [0.2, 0.25) is 5.91 Å². The number of thioether (sulfide) groups is 1. The van der Waals surface area contributed by atoms with E-state index in [2.05, 4.69) is 15.6 Å². The van der Waals surface area contributed by atoms with Crippen molar-refractivity contribution in [3.05, 3.63) is 34.6 Å². The van der Waals surface area contributed by atoms with Crippen LogP contribution in [-0.4, -0.2) is 50.0 Å². The molecular weight excluding hydrogens is 392 g/mol. The highest BCUT2D eigenvalue weighted by Crippen LogP contribution is 2.30. The first-order valence-corrected chi connectivity index (χ1v) is 11.2. The summed E-state index contributed by atoms with van der Waals surface area (Å²) in [6.45, 7) is 0.483. The highest BCUT2D eigenvalue weighted by molar-refractivity contribution is 7.98. The van der Waals surface area contributed by atoms with E-state index in [0.717, 1.165) is 12.8 Å². The van der Waals surface area contributed by atoms with Gasteiger partial charge in [0.15, 0.2) is 0 Å². The topological polar surface area (TPSA) is 114 Å². The van der Waals surface area contributed by atoms with Crippen molar-refractivity contribution in [2.24, 2.45) is 11.8 Å². The largest absolute Gasteiger partial charge is 0.480 e. The molecule has 1 atom stereocenters. The van der Waals surface area contributed by atoms with E-state index in [1.165, 1.54) is 4.68 Å². The Kier molecular flexibility index (Phi) is 7.24. The summed E-state index contributed by atoms with van der Waals surface area (Å²) >= 11 is 1.56. The van der Waals surface area contributed by atoms with Crippen LogP contribution in [0.15, 0.2) is 29.1 Å². The highest BCUT2D eigenvalue weighted by atomic mass is 32.2. The number of fused-ring (bicyclic) bond motifs is 1. The fraction of sp³-hybridized carbons (Fsp3) is 0.550. The molecule has 156 valence electrons. The molecule has 1 aliphatic carbocycles. The van der Waals surface area contributed by atoms with Gasteiger partial charge >= 0.3 is 5.97 Å². The Morgan fingerprint density at radius 3 is 2.69 bits per heavy atom. The maximum absolute atomic E-state index is 12.6. The maximum atomic E-state index is 12.6. The molecule has 0 spiro atoms. The number of carbonyl (C=O) groups excluding carboxylic acids is 1. The monoisotopic (exact) mass is 418 g/mol. The molecule has 9 heteroatoms. The lowest BCUT2D eigenvalue weighted by Crippen LogP contribution is -2.44. The van der Waals surface area contributed by atoms with E-state index in [1.54, 1.807) is 23.9 Å². The van der Waals surface area contributed by atoms with Crippen molar-refractivity contribution in [2.75, 3.05) is 12.0 Å². The summed E-state index contributed by atoms with van der Waals surface area (Å²) in [5.41, 5.74) is 0.442. The molecule has 1 saturated carbocycles. The van der Waals surface area contributed by atoms with E-state index in [9.17, 15) is 19.5 Å². The number of carbonyl (C=O) groups is 2. The minimum atomic E-state index is -0.990. The van der Waals surface area contributed by atoms with E-state index in [0.29, 0.717) is 42.5 Å². The molecule has 0 bridgehead atoms. The third-order valence-corrected chi connectivity index (χ3v) is 6.15. The van der Waals surface area contributed by atoms with Gasteiger partial charge in [-0.3, -0.25) is 9.59 Å². The number of carboxylic acid groups (broad SMARTS) is 1. The molecule has 0 saturated heterocycles. The van der Waals surface area contributed by atoms with Gasteiger partial charge in [0.25, 0.3) is 5.56 Å². The molecule has 1 amide bonds. The van der Waals surface area contributed by atoms with Gasteiger partial charge in [-0.1, -0.05) is 17.3 Å². The summed E-state index contributed by atoms with van der Waals surface area (Å²) in [5.74, 6) is -0.415. The average Bonchev–Trinajstić information content (AvgIpc) is 2.73. The van der Waals surface area contributed by atoms with Gasteiger partial charge in [-0.2, -0.15) is 11.8 Å². The number of aromatic nitrogens is 3. The van der Waals surface area contributed by atoms with Crippen LogP contribution in [0.1, 0.15) is 32.1 Å². The summed E-state index contributed by atoms with van der Waals surface area (Å²) in [6, 6.07) is 6.31. The molecular formula is C20H26N4O4S. The van der Waals surface area contributed by atoms with Crippen LogP contribution in [0.2, 0.25) is 0 Å². The molecule has 1 aromatic heterocycles. The molecule has 0 aliphatic heterocycles. The molecule has 1 unspecified atom stereocenters. The lowest BCUT2D eigenvalue weighted by molar-refractivity contribution is -0.142. The normalized spacial score (nSPS) is 20.3. The number of hydrogen-bond donors (Lipinski definition) is 2. The fourth-order valence-corrected chi connectivity index (χ4v) is 4.25. The summed E-state index contributed by atoms with van der Waals surface area (Å²) in [6.07, 6.45) is 5.28. The molecule has 8 nitrogen and oxygen atoms in total. The number of rotatable bonds is 8. The molecule has 1 aliphatic rings. The quantitative estimate of drug-likeness (QED) is 0.673. The van der Waals surface area contributed by atoms with E-state index in [-0.39, 0.29) is 23.3 Å². The molecule has 3 rings (SSSR count). The molecule has 0 radical (unpaired) electrons. The second-order valence-corrected chi connectivity index (χ2v) is 8.48. The zero-order chi connectivity index (χ0) is 20.8. The zero-order valence-corrected chi connectivity index (χ0v) is 17.2. The van der Waals surface area contributed by atoms with Crippen LogP contribution in [0, 0.1) is 11.8 Å². The third-order valence-electron chi connectivity index (χ3n) is 5.50. The molecule has 2 N–H and O–H groups in total. The summed E-state index contributed by atoms with van der Waals surface area (Å²) in [7, 11) is 0. The summed E-state index contributed by atoms with van der Waals surface area (Å²) in [4.78, 5) is 36.4. The standard InChI is InChI=1S/C20H26N4O4S/c1-29-11-10-17(20(27)28)21-18(25)14-8-6-13(7-9-14)12-24-19(26)15-4-2-3-5-16(15)22-23-24/h2-5,13-14,17H,6-12H2,1H3,(H,21,25)(H,27,28). The molecule has 1 aromatic carbocycles. The van der Waals surface area contributed by atoms with Crippen LogP contribution in [0.25, 0.3) is 10.9 Å². The van der Waals surface area contributed by atoms with E-state index in [1.807, 2.05) is 18.4 Å². The summed E-state index contributed by atoms with van der Waals surface area (Å²) in [5, 5.41) is 20.7. The Balaban J connectivity index is 1.55. The number of hydrogen-bond acceptors (Lipinski definition) is 6. The third kappa shape index (κ3) is 5.35. The second-order valence-electron chi connectivity index (χ2n) is 7.49. The lowest BCUT2D eigenvalue weighted by atomic mass is 9.81. The Morgan fingerprint density at radius 2 is 2.00 bits per heavy atom. The van der Waals surface area contributed by atoms with E-state index >= 15 is 0 Å². The Hall–Kier alpha value is -2.42. The van der Waals surface area contributed by atoms with Crippen LogP contribution in [0.3, 0.4) is 0 Å². The zero-order valence-electron chi connectivity index (χ0n) is 16.4. The predicted molar refractivity (Wildman–Crippen MR) is 112 cm³/mol. The van der Waals surface area contributed by atoms with Gasteiger partial charge in [0.05, 0.1) is 5.39 Å². The van der Waals surface area contributed by atoms with Crippen molar-refractivity contribution in [1.82, 2.24) is 20.3 Å². The van der Waals surface area contributed by atoms with Gasteiger partial charge in [-0.05, 0) is 62.2 Å². The summed E-state index contributed by atoms with van der Waals surface area (Å²) < 4.78 is 1.41. The SMILES string of the molecule is CSCCC(NC(=O)C1CCC(Cn2nnc3ccccc3c2=O)CC1)C(=O)O. The Morgan fingerprint density at radius 1 is 1.28 bits per heavy atom. The Labute approximate surface area is 173 Å². The highest BCUT2D eigenvalue weighted by Gasteiger charge is 2.29. The average molecular weight is 419 g/mol. The molecule has 2 aromatic rings. The number of amides is 1. The van der Waals surface area contributed by atoms with Crippen LogP contribution >= 0.6 is 11.8 Å². The van der Waals surface area contributed by atoms with Crippen LogP contribution in [0.4, 0.5) is 0 Å². The number of carboxylic acids is 1. The van der Waals surface area contributed by atoms with Crippen molar-refractivity contribution >= 4 is 34.5 Å². The predicted octanol–water partition coefficient (Wildman–Crippen LogP) is 1.92. The van der Waals surface area contributed by atoms with Gasteiger partial charge in [-0.25, -0.2) is 9.48 Å². The van der Waals surface area contributed by atoms with Gasteiger partial charge < -0.3 is 10.4 Å². The molecule has 29 heavy (non-hydrogen) atoms. The van der Waals surface area contributed by atoms with Gasteiger partial charge in [-0.15, -0.1) is 5.10 Å². The first-order chi connectivity index (χ1) is 14.0. The van der Waals surface area contributed by atoms with Crippen LogP contribution in [-0.2, 0) is 16.1 Å². The number of nitrogens with one attached hydrogen (secondary N) is 1. The van der Waals surface area contributed by atoms with Crippen molar-refractivity contribution in [3.63, 3.8) is 0 Å². The van der Waals surface area contributed by atoms with Crippen molar-refractivity contribution in [1.29, 1.82) is 0 Å². The number of aliphatic carboxylic acids is 1. The van der Waals surface area contributed by atoms with Gasteiger partial charge in [0, 0.05) is 12.5 Å². The first-order valence-electron chi connectivity index (χ1n) is 9.84. The Bertz CT molecular complexity index is 924. The smallest absolute Gasteiger partial charge is 0.326 e. The fourth-order valence-electron chi connectivity index (χ4n) is 3.78. The lowest BCUT2D eigenvalue weighted by Gasteiger charge is -2.28. The van der Waals surface area contributed by atoms with E-state index in [4.69, 9.17) is 0 Å². The van der Waals surface area contributed by atoms with Crippen LogP contribution in [0.5, 0.6) is 0 Å². The molecule has 1 fully saturated rings. The van der Waals surface area contributed by atoms with Crippen molar-refractivity contribution in [3.8, 4) is 0 Å². The van der Waals surface area contributed by atoms with Crippen LogP contribution < -0.4 is 10.9 Å². The number of benzene rings is 1. The maximum Gasteiger partial charge on any atom is 0.326 e. The number of nitrogens with zero attached hydrogens (tertiary/aromatic N) is 3. The minimum absolute atomic E-state index is 0.145. The van der Waals surface area contributed by atoms with Gasteiger partial charge in [0.1, 0.15) is 11.6 Å².